The van der Waals surface area contributed by atoms with E-state index in [-0.39, 0.29) is 37.2 Å². The van der Waals surface area contributed by atoms with E-state index in [1.54, 1.807) is 31.3 Å². The maximum Gasteiger partial charge on any atom is 0.251 e. The SMILES string of the molecule is CCOCOC[C@H](C[C@@H](C)C(=O)NC)NC(=O)c1ccc(Oc2ccccc2)cc1. The van der Waals surface area contributed by atoms with E-state index in [1.807, 2.05) is 44.2 Å². The molecule has 2 atom stereocenters. The zero-order valence-electron chi connectivity index (χ0n) is 17.7. The second kappa shape index (κ2) is 12.6. The lowest BCUT2D eigenvalue weighted by Gasteiger charge is -2.22. The molecule has 162 valence electrons. The maximum absolute atomic E-state index is 12.7. The highest BCUT2D eigenvalue weighted by Crippen LogP contribution is 2.21. The Kier molecular flexibility index (Phi) is 9.83. The van der Waals surface area contributed by atoms with Crippen LogP contribution in [0.25, 0.3) is 0 Å². The van der Waals surface area contributed by atoms with Gasteiger partial charge in [-0.3, -0.25) is 9.59 Å². The van der Waals surface area contributed by atoms with Gasteiger partial charge in [-0.15, -0.1) is 0 Å². The molecule has 2 N–H and O–H groups in total. The first-order valence-corrected chi connectivity index (χ1v) is 10.0. The Balaban J connectivity index is 1.97. The van der Waals surface area contributed by atoms with E-state index >= 15 is 0 Å². The molecule has 0 fully saturated rings. The summed E-state index contributed by atoms with van der Waals surface area (Å²) in [4.78, 5) is 24.6. The summed E-state index contributed by atoms with van der Waals surface area (Å²) >= 11 is 0. The molecule has 2 amide bonds. The summed E-state index contributed by atoms with van der Waals surface area (Å²) in [6, 6.07) is 16.0. The summed E-state index contributed by atoms with van der Waals surface area (Å²) in [6.45, 7) is 4.63. The molecule has 0 aromatic heterocycles. The lowest BCUT2D eigenvalue weighted by atomic mass is 10.0. The minimum Gasteiger partial charge on any atom is -0.457 e. The number of benzene rings is 2. The largest absolute Gasteiger partial charge is 0.457 e. The number of amides is 2. The van der Waals surface area contributed by atoms with Gasteiger partial charge in [-0.2, -0.15) is 0 Å². The van der Waals surface area contributed by atoms with Gasteiger partial charge in [0.05, 0.1) is 12.6 Å². The third-order valence-corrected chi connectivity index (χ3v) is 4.45. The van der Waals surface area contributed by atoms with Crippen LogP contribution in [0, 0.1) is 5.92 Å². The van der Waals surface area contributed by atoms with E-state index in [9.17, 15) is 9.59 Å². The zero-order valence-corrected chi connectivity index (χ0v) is 17.7. The second-order valence-corrected chi connectivity index (χ2v) is 6.84. The molecule has 0 saturated carbocycles. The van der Waals surface area contributed by atoms with Crippen LogP contribution < -0.4 is 15.4 Å². The number of rotatable bonds is 12. The summed E-state index contributed by atoms with van der Waals surface area (Å²) < 4.78 is 16.4. The second-order valence-electron chi connectivity index (χ2n) is 6.84. The first-order valence-electron chi connectivity index (χ1n) is 10.0. The molecule has 0 aliphatic carbocycles. The fraction of sp³-hybridized carbons (Fsp3) is 0.391. The van der Waals surface area contributed by atoms with E-state index in [4.69, 9.17) is 14.2 Å². The first-order chi connectivity index (χ1) is 14.5. The fourth-order valence-corrected chi connectivity index (χ4v) is 2.85. The van der Waals surface area contributed by atoms with E-state index < -0.39 is 0 Å². The molecule has 2 aromatic carbocycles. The minimum absolute atomic E-state index is 0.0820. The monoisotopic (exact) mass is 414 g/mol. The van der Waals surface area contributed by atoms with Crippen LogP contribution in [0.2, 0.25) is 0 Å². The average Bonchev–Trinajstić information content (AvgIpc) is 2.77. The lowest BCUT2D eigenvalue weighted by Crippen LogP contribution is -2.41. The van der Waals surface area contributed by atoms with Crippen molar-refractivity contribution in [2.24, 2.45) is 5.92 Å². The number of ether oxygens (including phenoxy) is 3. The van der Waals surface area contributed by atoms with Crippen molar-refractivity contribution in [2.75, 3.05) is 27.1 Å². The lowest BCUT2D eigenvalue weighted by molar-refractivity contribution is -0.124. The third kappa shape index (κ3) is 7.85. The molecule has 0 aliphatic heterocycles. The molecule has 0 bridgehead atoms. The van der Waals surface area contributed by atoms with Gasteiger partial charge in [0.2, 0.25) is 5.91 Å². The highest BCUT2D eigenvalue weighted by Gasteiger charge is 2.21. The molecule has 7 nitrogen and oxygen atoms in total. The predicted octanol–water partition coefficient (Wildman–Crippen LogP) is 3.36. The molecule has 0 saturated heterocycles. The van der Waals surface area contributed by atoms with E-state index in [1.165, 1.54) is 0 Å². The van der Waals surface area contributed by atoms with Gasteiger partial charge in [-0.25, -0.2) is 0 Å². The van der Waals surface area contributed by atoms with Gasteiger partial charge < -0.3 is 24.8 Å². The topological polar surface area (TPSA) is 85.9 Å². The number of para-hydroxylation sites is 1. The predicted molar refractivity (Wildman–Crippen MR) is 115 cm³/mol. The highest BCUT2D eigenvalue weighted by molar-refractivity contribution is 5.94. The van der Waals surface area contributed by atoms with Crippen LogP contribution in [0.3, 0.4) is 0 Å². The molecule has 2 rings (SSSR count). The Hall–Kier alpha value is -2.90. The fourth-order valence-electron chi connectivity index (χ4n) is 2.85. The van der Waals surface area contributed by atoms with Crippen LogP contribution in [0.4, 0.5) is 0 Å². The van der Waals surface area contributed by atoms with E-state index in [0.29, 0.717) is 24.3 Å². The van der Waals surface area contributed by atoms with Crippen LogP contribution in [-0.2, 0) is 14.3 Å². The van der Waals surface area contributed by atoms with Gasteiger partial charge in [-0.1, -0.05) is 25.1 Å². The molecule has 0 aliphatic rings. The van der Waals surface area contributed by atoms with Crippen LogP contribution in [0.1, 0.15) is 30.6 Å². The van der Waals surface area contributed by atoms with Crippen molar-refractivity contribution >= 4 is 11.8 Å². The Morgan fingerprint density at radius 1 is 0.967 bits per heavy atom. The normalized spacial score (nSPS) is 12.6. The Morgan fingerprint density at radius 3 is 2.27 bits per heavy atom. The van der Waals surface area contributed by atoms with Crippen molar-refractivity contribution in [1.82, 2.24) is 10.6 Å². The van der Waals surface area contributed by atoms with Crippen LogP contribution in [-0.4, -0.2) is 44.9 Å². The number of hydrogen-bond acceptors (Lipinski definition) is 5. The molecule has 7 heteroatoms. The standard InChI is InChI=1S/C23H30N2O5/c1-4-28-16-29-15-19(14-17(2)22(26)24-3)25-23(27)18-10-12-21(13-11-18)30-20-8-6-5-7-9-20/h5-13,17,19H,4,14-16H2,1-3H3,(H,24,26)(H,25,27)/t17-,19+/m1/s1. The molecule has 0 heterocycles. The first kappa shape index (κ1) is 23.4. The maximum atomic E-state index is 12.7. The van der Waals surface area contributed by atoms with Gasteiger partial charge in [0, 0.05) is 25.1 Å². The summed E-state index contributed by atoms with van der Waals surface area (Å²) in [6.07, 6.45) is 0.451. The average molecular weight is 415 g/mol. The van der Waals surface area contributed by atoms with Gasteiger partial charge in [0.1, 0.15) is 18.3 Å². The Labute approximate surface area is 177 Å². The summed E-state index contributed by atoms with van der Waals surface area (Å²) in [5.41, 5.74) is 0.498. The summed E-state index contributed by atoms with van der Waals surface area (Å²) in [5.74, 6) is 0.779. The quantitative estimate of drug-likeness (QED) is 0.411. The highest BCUT2D eigenvalue weighted by atomic mass is 16.7. The number of nitrogens with one attached hydrogen (secondary N) is 2. The summed E-state index contributed by atoms with van der Waals surface area (Å²) in [7, 11) is 1.59. The Bertz CT molecular complexity index is 780. The van der Waals surface area contributed by atoms with Gasteiger partial charge in [-0.05, 0) is 49.7 Å². The van der Waals surface area contributed by atoms with E-state index in [2.05, 4.69) is 10.6 Å². The van der Waals surface area contributed by atoms with Gasteiger partial charge >= 0.3 is 0 Å². The summed E-state index contributed by atoms with van der Waals surface area (Å²) in [5, 5.41) is 5.58. The molecule has 0 unspecified atom stereocenters. The molecule has 30 heavy (non-hydrogen) atoms. The van der Waals surface area contributed by atoms with Crippen molar-refractivity contribution in [3.63, 3.8) is 0 Å². The van der Waals surface area contributed by atoms with Crippen molar-refractivity contribution in [1.29, 1.82) is 0 Å². The van der Waals surface area contributed by atoms with Gasteiger partial charge in [0.25, 0.3) is 5.91 Å². The number of hydrogen-bond donors (Lipinski definition) is 2. The van der Waals surface area contributed by atoms with Crippen molar-refractivity contribution in [2.45, 2.75) is 26.3 Å². The number of carbonyl (C=O) groups is 2. The van der Waals surface area contributed by atoms with Crippen LogP contribution in [0.15, 0.2) is 54.6 Å². The van der Waals surface area contributed by atoms with E-state index in [0.717, 1.165) is 5.75 Å². The third-order valence-electron chi connectivity index (χ3n) is 4.45. The minimum atomic E-state index is -0.328. The number of carbonyl (C=O) groups excluding carboxylic acids is 2. The molecule has 2 aromatic rings. The van der Waals surface area contributed by atoms with Crippen molar-refractivity contribution in [3.8, 4) is 11.5 Å². The zero-order chi connectivity index (χ0) is 21.8. The van der Waals surface area contributed by atoms with Crippen molar-refractivity contribution in [3.05, 3.63) is 60.2 Å². The van der Waals surface area contributed by atoms with Crippen LogP contribution >= 0.6 is 0 Å². The van der Waals surface area contributed by atoms with Crippen molar-refractivity contribution < 1.29 is 23.8 Å². The molecular formula is C23H30N2O5. The smallest absolute Gasteiger partial charge is 0.251 e. The van der Waals surface area contributed by atoms with Crippen LogP contribution in [0.5, 0.6) is 11.5 Å². The Morgan fingerprint density at radius 2 is 1.63 bits per heavy atom. The molecule has 0 spiro atoms. The molecular weight excluding hydrogens is 384 g/mol. The molecule has 0 radical (unpaired) electrons. The van der Waals surface area contributed by atoms with Gasteiger partial charge in [0.15, 0.2) is 0 Å².